The maximum Gasteiger partial charge on any atom is 0.192 e. The monoisotopic (exact) mass is 474 g/mol. The largest absolute Gasteiger partial charge is 0.497 e. The first-order valence-corrected chi connectivity index (χ1v) is 12.3. The van der Waals surface area contributed by atoms with Gasteiger partial charge in [0.15, 0.2) is 11.0 Å². The van der Waals surface area contributed by atoms with Crippen LogP contribution >= 0.6 is 23.1 Å². The van der Waals surface area contributed by atoms with Gasteiger partial charge in [-0.05, 0) is 30.7 Å². The van der Waals surface area contributed by atoms with Gasteiger partial charge in [0.05, 0.1) is 31.2 Å². The molecule has 2 aromatic carbocycles. The van der Waals surface area contributed by atoms with Crippen molar-refractivity contribution < 1.29 is 9.15 Å². The Morgan fingerprint density at radius 1 is 1.06 bits per heavy atom. The van der Waals surface area contributed by atoms with Gasteiger partial charge < -0.3 is 9.15 Å². The summed E-state index contributed by atoms with van der Waals surface area (Å²) < 4.78 is 13.0. The highest BCUT2D eigenvalue weighted by atomic mass is 32.2. The molecule has 5 aromatic rings. The lowest BCUT2D eigenvalue weighted by Crippen LogP contribution is -2.04. The first-order valence-electron chi connectivity index (χ1n) is 10.4. The van der Waals surface area contributed by atoms with Crippen molar-refractivity contribution in [3.05, 3.63) is 89.3 Å². The third-order valence-electron chi connectivity index (χ3n) is 5.22. The summed E-state index contributed by atoms with van der Waals surface area (Å²) >= 11 is 3.27. The Balaban J connectivity index is 1.39. The Morgan fingerprint density at radius 2 is 1.94 bits per heavy atom. The number of thiazole rings is 1. The quantitative estimate of drug-likeness (QED) is 0.245. The highest BCUT2D eigenvalue weighted by molar-refractivity contribution is 7.98. The van der Waals surface area contributed by atoms with E-state index in [1.807, 2.05) is 55.5 Å². The summed E-state index contributed by atoms with van der Waals surface area (Å²) in [5, 5.41) is 12.9. The average molecular weight is 475 g/mol. The van der Waals surface area contributed by atoms with Gasteiger partial charge in [0, 0.05) is 16.7 Å². The van der Waals surface area contributed by atoms with Gasteiger partial charge in [-0.15, -0.1) is 21.5 Å². The zero-order valence-corrected chi connectivity index (χ0v) is 19.9. The Kier molecular flexibility index (Phi) is 6.28. The highest BCUT2D eigenvalue weighted by Gasteiger charge is 2.18. The molecule has 0 amide bonds. The third-order valence-corrected chi connectivity index (χ3v) is 7.16. The number of thioether (sulfide) groups is 1. The van der Waals surface area contributed by atoms with Crippen molar-refractivity contribution >= 4 is 23.1 Å². The molecule has 0 aliphatic heterocycles. The van der Waals surface area contributed by atoms with E-state index in [4.69, 9.17) is 14.1 Å². The molecule has 6 nitrogen and oxygen atoms in total. The van der Waals surface area contributed by atoms with Crippen molar-refractivity contribution in [2.45, 2.75) is 24.4 Å². The number of hydrogen-bond donors (Lipinski definition) is 0. The van der Waals surface area contributed by atoms with Crippen molar-refractivity contribution in [3.63, 3.8) is 0 Å². The van der Waals surface area contributed by atoms with Gasteiger partial charge in [-0.1, -0.05) is 54.2 Å². The van der Waals surface area contributed by atoms with E-state index in [1.165, 1.54) is 5.56 Å². The molecule has 3 heterocycles. The normalized spacial score (nSPS) is 11.1. The molecule has 166 valence electrons. The molecule has 5 rings (SSSR count). The van der Waals surface area contributed by atoms with Gasteiger partial charge in [-0.25, -0.2) is 4.98 Å². The van der Waals surface area contributed by atoms with Crippen molar-refractivity contribution in [2.75, 3.05) is 7.11 Å². The SMILES string of the molecule is COc1cccc(-c2nc(CSc3nnc(-c4ccoc4C)n3Cc3ccccc3)cs2)c1. The summed E-state index contributed by atoms with van der Waals surface area (Å²) in [5.41, 5.74) is 4.22. The standard InChI is InChI=1S/C25H22N4O2S2/c1-17-22(11-12-31-17)23-27-28-25(29(23)14-18-7-4-3-5-8-18)33-16-20-15-32-24(26-20)19-9-6-10-21(13-19)30-2/h3-13,15H,14,16H2,1-2H3. The topological polar surface area (TPSA) is 66.0 Å². The Labute approximate surface area is 200 Å². The van der Waals surface area contributed by atoms with Crippen LogP contribution in [0.4, 0.5) is 0 Å². The summed E-state index contributed by atoms with van der Waals surface area (Å²) in [5.74, 6) is 3.17. The zero-order chi connectivity index (χ0) is 22.6. The van der Waals surface area contributed by atoms with Crippen LogP contribution in [0.1, 0.15) is 17.0 Å². The van der Waals surface area contributed by atoms with Crippen LogP contribution in [0.2, 0.25) is 0 Å². The zero-order valence-electron chi connectivity index (χ0n) is 18.3. The molecule has 0 aliphatic carbocycles. The van der Waals surface area contributed by atoms with Crippen LogP contribution in [0.15, 0.2) is 81.9 Å². The van der Waals surface area contributed by atoms with E-state index in [-0.39, 0.29) is 0 Å². The molecular formula is C25H22N4O2S2. The molecule has 0 radical (unpaired) electrons. The van der Waals surface area contributed by atoms with Gasteiger partial charge in [0.1, 0.15) is 16.5 Å². The second-order valence-corrected chi connectivity index (χ2v) is 9.23. The minimum atomic E-state index is 0.683. The summed E-state index contributed by atoms with van der Waals surface area (Å²) in [6, 6.07) is 20.3. The predicted molar refractivity (Wildman–Crippen MR) is 132 cm³/mol. The molecule has 0 unspecified atom stereocenters. The van der Waals surface area contributed by atoms with Crippen molar-refractivity contribution in [1.29, 1.82) is 0 Å². The number of hydrogen-bond acceptors (Lipinski definition) is 7. The molecule has 0 bridgehead atoms. The minimum absolute atomic E-state index is 0.683. The number of methoxy groups -OCH3 is 1. The van der Waals surface area contributed by atoms with Crippen LogP contribution in [-0.4, -0.2) is 26.9 Å². The number of rotatable bonds is 8. The second kappa shape index (κ2) is 9.64. The maximum absolute atomic E-state index is 5.52. The molecule has 33 heavy (non-hydrogen) atoms. The van der Waals surface area contributed by atoms with Gasteiger partial charge >= 0.3 is 0 Å². The maximum atomic E-state index is 5.52. The minimum Gasteiger partial charge on any atom is -0.497 e. The van der Waals surface area contributed by atoms with Crippen molar-refractivity contribution in [3.8, 4) is 27.7 Å². The number of ether oxygens (including phenoxy) is 1. The number of nitrogens with zero attached hydrogens (tertiary/aromatic N) is 4. The van der Waals surface area contributed by atoms with Crippen LogP contribution in [0, 0.1) is 6.92 Å². The molecule has 0 aliphatic rings. The van der Waals surface area contributed by atoms with Gasteiger partial charge in [0.25, 0.3) is 0 Å². The summed E-state index contributed by atoms with van der Waals surface area (Å²) in [4.78, 5) is 4.83. The first-order chi connectivity index (χ1) is 16.2. The van der Waals surface area contributed by atoms with E-state index < -0.39 is 0 Å². The number of furan rings is 1. The van der Waals surface area contributed by atoms with Gasteiger partial charge in [0.2, 0.25) is 0 Å². The van der Waals surface area contributed by atoms with E-state index in [2.05, 4.69) is 32.3 Å². The molecular weight excluding hydrogens is 452 g/mol. The lowest BCUT2D eigenvalue weighted by molar-refractivity contribution is 0.415. The third kappa shape index (κ3) is 4.72. The Hall–Kier alpha value is -3.36. The lowest BCUT2D eigenvalue weighted by Gasteiger charge is -2.10. The van der Waals surface area contributed by atoms with E-state index in [0.29, 0.717) is 12.3 Å². The molecule has 0 spiro atoms. The molecule has 8 heteroatoms. The molecule has 0 saturated carbocycles. The van der Waals surface area contributed by atoms with Gasteiger partial charge in [-0.2, -0.15) is 0 Å². The Bertz CT molecular complexity index is 1360. The molecule has 0 saturated heterocycles. The smallest absolute Gasteiger partial charge is 0.192 e. The fraction of sp³-hybridized carbons (Fsp3) is 0.160. The molecule has 3 aromatic heterocycles. The summed E-state index contributed by atoms with van der Waals surface area (Å²) in [7, 11) is 1.67. The highest BCUT2D eigenvalue weighted by Crippen LogP contribution is 2.32. The second-order valence-electron chi connectivity index (χ2n) is 7.43. The average Bonchev–Trinajstić information content (AvgIpc) is 3.59. The van der Waals surface area contributed by atoms with E-state index >= 15 is 0 Å². The van der Waals surface area contributed by atoms with E-state index in [1.54, 1.807) is 36.5 Å². The molecule has 0 fully saturated rings. The fourth-order valence-electron chi connectivity index (χ4n) is 3.52. The van der Waals surface area contributed by atoms with Crippen molar-refractivity contribution in [1.82, 2.24) is 19.7 Å². The van der Waals surface area contributed by atoms with E-state index in [0.717, 1.165) is 44.3 Å². The summed E-state index contributed by atoms with van der Waals surface area (Å²) in [6.45, 7) is 2.63. The van der Waals surface area contributed by atoms with E-state index in [9.17, 15) is 0 Å². The summed E-state index contributed by atoms with van der Waals surface area (Å²) in [6.07, 6.45) is 1.69. The van der Waals surface area contributed by atoms with Crippen LogP contribution in [0.5, 0.6) is 5.75 Å². The predicted octanol–water partition coefficient (Wildman–Crippen LogP) is 6.32. The fourth-order valence-corrected chi connectivity index (χ4v) is 5.27. The van der Waals surface area contributed by atoms with Crippen LogP contribution in [0.25, 0.3) is 22.0 Å². The number of benzene rings is 2. The molecule has 0 N–H and O–H groups in total. The number of aryl methyl sites for hydroxylation is 1. The first kappa shape index (κ1) is 21.5. The van der Waals surface area contributed by atoms with Crippen molar-refractivity contribution in [2.24, 2.45) is 0 Å². The van der Waals surface area contributed by atoms with Crippen LogP contribution < -0.4 is 4.74 Å². The van der Waals surface area contributed by atoms with Gasteiger partial charge in [-0.3, -0.25) is 4.57 Å². The molecule has 0 atom stereocenters. The van der Waals surface area contributed by atoms with Crippen LogP contribution in [-0.2, 0) is 12.3 Å². The lowest BCUT2D eigenvalue weighted by atomic mass is 10.2. The Morgan fingerprint density at radius 3 is 2.73 bits per heavy atom. The van der Waals surface area contributed by atoms with Crippen LogP contribution in [0.3, 0.4) is 0 Å². The number of aromatic nitrogens is 4.